The third-order valence-corrected chi connectivity index (χ3v) is 4.07. The molecule has 0 N–H and O–H groups in total. The Morgan fingerprint density at radius 1 is 1.30 bits per heavy atom. The van der Waals surface area contributed by atoms with Gasteiger partial charge in [-0.1, -0.05) is 19.1 Å². The molecule has 1 aliphatic heterocycles. The van der Waals surface area contributed by atoms with Gasteiger partial charge in [-0.2, -0.15) is 0 Å². The van der Waals surface area contributed by atoms with Gasteiger partial charge in [-0.25, -0.2) is 9.18 Å². The Balaban J connectivity index is 1.94. The highest BCUT2D eigenvalue weighted by Gasteiger charge is 2.40. The van der Waals surface area contributed by atoms with Gasteiger partial charge in [-0.3, -0.25) is 0 Å². The molecule has 23 heavy (non-hydrogen) atoms. The summed E-state index contributed by atoms with van der Waals surface area (Å²) in [4.78, 5) is 13.9. The Hall–Kier alpha value is -1.62. The van der Waals surface area contributed by atoms with Crippen molar-refractivity contribution in [2.45, 2.75) is 58.3 Å². The van der Waals surface area contributed by atoms with Gasteiger partial charge in [-0.05, 0) is 51.3 Å². The summed E-state index contributed by atoms with van der Waals surface area (Å²) in [5.41, 5.74) is 0.0735. The second kappa shape index (κ2) is 6.87. The van der Waals surface area contributed by atoms with Gasteiger partial charge in [0.2, 0.25) is 0 Å². The van der Waals surface area contributed by atoms with Crippen LogP contribution in [-0.2, 0) is 16.1 Å². The molecular formula is C18H26FNO3. The molecule has 1 saturated heterocycles. The van der Waals surface area contributed by atoms with Crippen LogP contribution in [0.25, 0.3) is 0 Å². The smallest absolute Gasteiger partial charge is 0.410 e. The van der Waals surface area contributed by atoms with Crippen LogP contribution in [-0.4, -0.2) is 35.3 Å². The van der Waals surface area contributed by atoms with Crippen LogP contribution in [0.15, 0.2) is 24.3 Å². The van der Waals surface area contributed by atoms with Crippen LogP contribution in [0.5, 0.6) is 0 Å². The fourth-order valence-electron chi connectivity index (χ4n) is 2.65. The number of rotatable bonds is 4. The van der Waals surface area contributed by atoms with Crippen molar-refractivity contribution in [2.24, 2.45) is 0 Å². The molecule has 4 nitrogen and oxygen atoms in total. The van der Waals surface area contributed by atoms with Gasteiger partial charge >= 0.3 is 6.09 Å². The van der Waals surface area contributed by atoms with Gasteiger partial charge in [-0.15, -0.1) is 0 Å². The van der Waals surface area contributed by atoms with Gasteiger partial charge in [0.15, 0.2) is 0 Å². The van der Waals surface area contributed by atoms with E-state index >= 15 is 0 Å². The molecule has 0 saturated carbocycles. The van der Waals surface area contributed by atoms with Crippen LogP contribution in [0.3, 0.4) is 0 Å². The molecular weight excluding hydrogens is 297 g/mol. The Morgan fingerprint density at radius 2 is 1.96 bits per heavy atom. The van der Waals surface area contributed by atoms with Crippen LogP contribution in [0, 0.1) is 5.82 Å². The van der Waals surface area contributed by atoms with E-state index in [2.05, 4.69) is 6.92 Å². The molecule has 1 aliphatic rings. The molecule has 128 valence electrons. The standard InChI is InChI=1S/C18H26FNO3/c1-5-18(22-12-14-6-8-15(19)9-7-14)10-11-20(13-18)16(21)23-17(2,3)4/h6-9H,5,10-13H2,1-4H3. The van der Waals surface area contributed by atoms with Crippen LogP contribution in [0.4, 0.5) is 9.18 Å². The third kappa shape index (κ3) is 4.93. The van der Waals surface area contributed by atoms with Gasteiger partial charge in [0.05, 0.1) is 18.8 Å². The minimum atomic E-state index is -0.497. The lowest BCUT2D eigenvalue weighted by Crippen LogP contribution is -2.40. The fourth-order valence-corrected chi connectivity index (χ4v) is 2.65. The van der Waals surface area contributed by atoms with Crippen LogP contribution in [0.2, 0.25) is 0 Å². The lowest BCUT2D eigenvalue weighted by molar-refractivity contribution is -0.0528. The maximum Gasteiger partial charge on any atom is 0.410 e. The first-order chi connectivity index (χ1) is 10.7. The average molecular weight is 323 g/mol. The molecule has 0 radical (unpaired) electrons. The maximum atomic E-state index is 12.9. The second-order valence-electron chi connectivity index (χ2n) is 7.10. The fraction of sp³-hybridized carbons (Fsp3) is 0.611. The van der Waals surface area contributed by atoms with Gasteiger partial charge in [0.1, 0.15) is 11.4 Å². The van der Waals surface area contributed by atoms with Crippen molar-refractivity contribution >= 4 is 6.09 Å². The normalized spacial score (nSPS) is 21.5. The molecule has 5 heteroatoms. The summed E-state index contributed by atoms with van der Waals surface area (Å²) in [5, 5.41) is 0. The van der Waals surface area contributed by atoms with Crippen molar-refractivity contribution in [3.05, 3.63) is 35.6 Å². The van der Waals surface area contributed by atoms with E-state index in [1.807, 2.05) is 20.8 Å². The predicted octanol–water partition coefficient (Wildman–Crippen LogP) is 4.13. The van der Waals surface area contributed by atoms with Crippen molar-refractivity contribution in [1.29, 1.82) is 0 Å². The number of hydrogen-bond acceptors (Lipinski definition) is 3. The van der Waals surface area contributed by atoms with Gasteiger partial charge in [0, 0.05) is 6.54 Å². The average Bonchev–Trinajstić information content (AvgIpc) is 2.90. The molecule has 0 spiro atoms. The molecule has 1 unspecified atom stereocenters. The molecule has 1 aromatic carbocycles. The number of likely N-dealkylation sites (tertiary alicyclic amines) is 1. The van der Waals surface area contributed by atoms with E-state index in [9.17, 15) is 9.18 Å². The first kappa shape index (κ1) is 17.7. The quantitative estimate of drug-likeness (QED) is 0.836. The summed E-state index contributed by atoms with van der Waals surface area (Å²) in [7, 11) is 0. The van der Waals surface area contributed by atoms with Crippen LogP contribution >= 0.6 is 0 Å². The van der Waals surface area contributed by atoms with Crippen LogP contribution < -0.4 is 0 Å². The van der Waals surface area contributed by atoms with E-state index in [4.69, 9.17) is 9.47 Å². The number of hydrogen-bond donors (Lipinski definition) is 0. The summed E-state index contributed by atoms with van der Waals surface area (Å²) in [6, 6.07) is 6.30. The highest BCUT2D eigenvalue weighted by molar-refractivity contribution is 5.68. The molecule has 0 aliphatic carbocycles. The zero-order valence-corrected chi connectivity index (χ0v) is 14.4. The number of amides is 1. The minimum absolute atomic E-state index is 0.254. The Bertz CT molecular complexity index is 538. The van der Waals surface area contributed by atoms with Crippen molar-refractivity contribution in [1.82, 2.24) is 4.90 Å². The molecule has 1 amide bonds. The zero-order valence-electron chi connectivity index (χ0n) is 14.4. The minimum Gasteiger partial charge on any atom is -0.444 e. The number of nitrogens with zero attached hydrogens (tertiary/aromatic N) is 1. The third-order valence-electron chi connectivity index (χ3n) is 4.07. The zero-order chi connectivity index (χ0) is 17.1. The van der Waals surface area contributed by atoms with E-state index in [0.717, 1.165) is 18.4 Å². The van der Waals surface area contributed by atoms with Crippen molar-refractivity contribution in [3.63, 3.8) is 0 Å². The number of ether oxygens (including phenoxy) is 2. The molecule has 1 atom stereocenters. The molecule has 0 bridgehead atoms. The van der Waals surface area contributed by atoms with Crippen LogP contribution in [0.1, 0.15) is 46.1 Å². The summed E-state index contributed by atoms with van der Waals surface area (Å²) >= 11 is 0. The lowest BCUT2D eigenvalue weighted by Gasteiger charge is -2.29. The number of carbonyl (C=O) groups is 1. The monoisotopic (exact) mass is 323 g/mol. The second-order valence-corrected chi connectivity index (χ2v) is 7.10. The highest BCUT2D eigenvalue weighted by atomic mass is 19.1. The number of carbonyl (C=O) groups excluding carboxylic acids is 1. The number of benzene rings is 1. The summed E-state index contributed by atoms with van der Waals surface area (Å²) in [5.74, 6) is -0.254. The predicted molar refractivity (Wildman–Crippen MR) is 86.6 cm³/mol. The largest absolute Gasteiger partial charge is 0.444 e. The summed E-state index contributed by atoms with van der Waals surface area (Å²) in [6.07, 6.45) is 1.30. The molecule has 2 rings (SSSR count). The molecule has 1 fully saturated rings. The van der Waals surface area contributed by atoms with Crippen molar-refractivity contribution in [2.75, 3.05) is 13.1 Å². The van der Waals surface area contributed by atoms with E-state index in [-0.39, 0.29) is 17.5 Å². The van der Waals surface area contributed by atoms with Gasteiger partial charge in [0.25, 0.3) is 0 Å². The SMILES string of the molecule is CCC1(OCc2ccc(F)cc2)CCN(C(=O)OC(C)(C)C)C1. The van der Waals surface area contributed by atoms with E-state index in [1.165, 1.54) is 12.1 Å². The summed E-state index contributed by atoms with van der Waals surface area (Å²) in [6.45, 7) is 9.21. The maximum absolute atomic E-state index is 12.9. The lowest BCUT2D eigenvalue weighted by atomic mass is 9.99. The van der Waals surface area contributed by atoms with E-state index < -0.39 is 5.60 Å². The van der Waals surface area contributed by atoms with Crippen molar-refractivity contribution < 1.29 is 18.7 Å². The molecule has 1 aromatic rings. The van der Waals surface area contributed by atoms with Crippen molar-refractivity contribution in [3.8, 4) is 0 Å². The Labute approximate surface area is 137 Å². The first-order valence-electron chi connectivity index (χ1n) is 8.09. The Morgan fingerprint density at radius 3 is 2.52 bits per heavy atom. The first-order valence-corrected chi connectivity index (χ1v) is 8.09. The van der Waals surface area contributed by atoms with E-state index in [0.29, 0.717) is 19.7 Å². The molecule has 1 heterocycles. The highest BCUT2D eigenvalue weighted by Crippen LogP contribution is 2.31. The Kier molecular flexibility index (Phi) is 5.30. The molecule has 0 aromatic heterocycles. The van der Waals surface area contributed by atoms with E-state index in [1.54, 1.807) is 17.0 Å². The number of halogens is 1. The topological polar surface area (TPSA) is 38.8 Å². The van der Waals surface area contributed by atoms with Gasteiger partial charge < -0.3 is 14.4 Å². The summed E-state index contributed by atoms with van der Waals surface area (Å²) < 4.78 is 24.5.